The van der Waals surface area contributed by atoms with Gasteiger partial charge < -0.3 is 14.2 Å². The maximum absolute atomic E-state index is 13.7. The molecule has 0 radical (unpaired) electrons. The topological polar surface area (TPSA) is 44.8 Å². The maximum Gasteiger partial charge on any atom is 0.189 e. The Morgan fingerprint density at radius 2 is 1.23 bits per heavy atom. The molecule has 0 aliphatic rings. The first-order valence-corrected chi connectivity index (χ1v) is 15.4. The van der Waals surface area contributed by atoms with Crippen LogP contribution in [0.15, 0.2) is 42.5 Å². The smallest absolute Gasteiger partial charge is 0.189 e. The van der Waals surface area contributed by atoms with Crippen molar-refractivity contribution in [2.75, 3.05) is 0 Å². The van der Waals surface area contributed by atoms with Gasteiger partial charge in [0, 0.05) is 5.56 Å². The Morgan fingerprint density at radius 1 is 0.692 bits per heavy atom. The lowest BCUT2D eigenvalue weighted by Crippen LogP contribution is -2.17. The quantitative estimate of drug-likeness (QED) is 0.132. The number of benzene rings is 2. The number of carbonyl (C=O) groups excluding carboxylic acids is 1. The number of carbonyl (C=O) groups is 1. The Balaban J connectivity index is 2.44. The molecule has 2 aromatic carbocycles. The van der Waals surface area contributed by atoms with Crippen LogP contribution in [0.25, 0.3) is 6.08 Å². The van der Waals surface area contributed by atoms with Crippen LogP contribution < -0.4 is 14.2 Å². The van der Waals surface area contributed by atoms with E-state index in [-0.39, 0.29) is 24.1 Å². The summed E-state index contributed by atoms with van der Waals surface area (Å²) in [5.74, 6) is 2.06. The Hall–Kier alpha value is -2.75. The van der Waals surface area contributed by atoms with Crippen molar-refractivity contribution in [3.8, 4) is 17.2 Å². The van der Waals surface area contributed by atoms with E-state index in [9.17, 15) is 4.79 Å². The fourth-order valence-electron chi connectivity index (χ4n) is 4.75. The second kappa shape index (κ2) is 17.8. The average Bonchev–Trinajstić information content (AvgIpc) is 2.96. The van der Waals surface area contributed by atoms with E-state index >= 15 is 0 Å². The minimum Gasteiger partial charge on any atom is -0.490 e. The average molecular weight is 537 g/mol. The van der Waals surface area contributed by atoms with Gasteiger partial charge in [0.1, 0.15) is 17.2 Å². The van der Waals surface area contributed by atoms with Crippen molar-refractivity contribution in [3.05, 3.63) is 59.2 Å². The van der Waals surface area contributed by atoms with Crippen LogP contribution in [0.1, 0.15) is 128 Å². The normalized spacial score (nSPS) is 13.7. The van der Waals surface area contributed by atoms with E-state index < -0.39 is 0 Å². The van der Waals surface area contributed by atoms with E-state index in [1.807, 2.05) is 30.3 Å². The summed E-state index contributed by atoms with van der Waals surface area (Å²) in [5, 5.41) is 0. The molecule has 39 heavy (non-hydrogen) atoms. The third-order valence-electron chi connectivity index (χ3n) is 7.20. The third kappa shape index (κ3) is 10.4. The molecule has 4 nitrogen and oxygen atoms in total. The molecular weight excluding hydrogens is 484 g/mol. The molecule has 3 unspecified atom stereocenters. The molecule has 0 bridgehead atoms. The minimum atomic E-state index is -0.0983. The molecule has 0 saturated heterocycles. The van der Waals surface area contributed by atoms with Crippen molar-refractivity contribution in [1.29, 1.82) is 0 Å². The first-order valence-electron chi connectivity index (χ1n) is 15.4. The van der Waals surface area contributed by atoms with E-state index in [0.717, 1.165) is 75.5 Å². The fraction of sp³-hybridized carbons (Fsp3) is 0.571. The summed E-state index contributed by atoms with van der Waals surface area (Å²) in [6.45, 7) is 15.1. The lowest BCUT2D eigenvalue weighted by molar-refractivity contribution is 0.103. The van der Waals surface area contributed by atoms with Gasteiger partial charge in [0.25, 0.3) is 0 Å². The van der Waals surface area contributed by atoms with E-state index in [4.69, 9.17) is 14.2 Å². The summed E-state index contributed by atoms with van der Waals surface area (Å²) in [6, 6.07) is 12.0. The Bertz CT molecular complexity index is 1030. The zero-order valence-corrected chi connectivity index (χ0v) is 25.6. The zero-order chi connectivity index (χ0) is 28.6. The number of rotatable bonds is 19. The van der Waals surface area contributed by atoms with Gasteiger partial charge in [-0.3, -0.25) is 4.79 Å². The highest BCUT2D eigenvalue weighted by Gasteiger charge is 2.18. The number of aryl methyl sites for hydroxylation is 1. The van der Waals surface area contributed by atoms with E-state index in [1.54, 1.807) is 6.08 Å². The zero-order valence-electron chi connectivity index (χ0n) is 25.6. The lowest BCUT2D eigenvalue weighted by Gasteiger charge is -2.21. The summed E-state index contributed by atoms with van der Waals surface area (Å²) < 4.78 is 19.0. The standard InChI is InChI=1S/C35H52O4/c1-8-15-28(12-5)37-31-20-23-35(39-30(14-7)17-10-3)32(25-31)33(36)21-19-27-24-26(11-4)18-22-34(27)38-29(13-6)16-9-2/h18-25,28-30H,8-17H2,1-7H3. The van der Waals surface area contributed by atoms with Gasteiger partial charge in [0.2, 0.25) is 0 Å². The van der Waals surface area contributed by atoms with Gasteiger partial charge in [-0.15, -0.1) is 0 Å². The molecule has 2 aromatic rings. The second-order valence-electron chi connectivity index (χ2n) is 10.4. The van der Waals surface area contributed by atoms with Gasteiger partial charge in [0.15, 0.2) is 5.78 Å². The minimum absolute atomic E-state index is 0.0755. The number of ketones is 1. The van der Waals surface area contributed by atoms with Crippen molar-refractivity contribution < 1.29 is 19.0 Å². The summed E-state index contributed by atoms with van der Waals surface area (Å²) >= 11 is 0. The van der Waals surface area contributed by atoms with Crippen molar-refractivity contribution in [2.24, 2.45) is 0 Å². The van der Waals surface area contributed by atoms with E-state index in [1.165, 1.54) is 5.56 Å². The molecule has 0 N–H and O–H groups in total. The molecule has 0 spiro atoms. The fourth-order valence-corrected chi connectivity index (χ4v) is 4.75. The summed E-state index contributed by atoms with van der Waals surface area (Å²) in [4.78, 5) is 13.7. The van der Waals surface area contributed by atoms with Gasteiger partial charge in [-0.25, -0.2) is 0 Å². The molecule has 3 atom stereocenters. The van der Waals surface area contributed by atoms with Gasteiger partial charge >= 0.3 is 0 Å². The monoisotopic (exact) mass is 536 g/mol. The van der Waals surface area contributed by atoms with Gasteiger partial charge in [-0.1, -0.05) is 73.8 Å². The molecule has 0 fully saturated rings. The summed E-state index contributed by atoms with van der Waals surface area (Å²) in [7, 11) is 0. The van der Waals surface area contributed by atoms with Crippen molar-refractivity contribution in [1.82, 2.24) is 0 Å². The van der Waals surface area contributed by atoms with Crippen LogP contribution in [0, 0.1) is 0 Å². The van der Waals surface area contributed by atoms with E-state index in [0.29, 0.717) is 17.1 Å². The number of hydrogen-bond donors (Lipinski definition) is 0. The predicted octanol–water partition coefficient (Wildman–Crippen LogP) is 10.0. The molecule has 2 rings (SSSR count). The largest absolute Gasteiger partial charge is 0.490 e. The number of hydrogen-bond acceptors (Lipinski definition) is 4. The second-order valence-corrected chi connectivity index (χ2v) is 10.4. The molecule has 0 aromatic heterocycles. The molecule has 0 aliphatic heterocycles. The highest BCUT2D eigenvalue weighted by molar-refractivity contribution is 6.09. The molecular formula is C35H52O4. The molecule has 0 saturated carbocycles. The van der Waals surface area contributed by atoms with E-state index in [2.05, 4.69) is 60.6 Å². The van der Waals surface area contributed by atoms with Crippen LogP contribution >= 0.6 is 0 Å². The molecule has 0 amide bonds. The summed E-state index contributed by atoms with van der Waals surface area (Å²) in [5.41, 5.74) is 2.68. The molecule has 216 valence electrons. The first kappa shape index (κ1) is 32.5. The Morgan fingerprint density at radius 3 is 1.77 bits per heavy atom. The highest BCUT2D eigenvalue weighted by Crippen LogP contribution is 2.30. The van der Waals surface area contributed by atoms with Crippen molar-refractivity contribution in [2.45, 2.75) is 131 Å². The highest BCUT2D eigenvalue weighted by atomic mass is 16.5. The van der Waals surface area contributed by atoms with Crippen LogP contribution in [-0.2, 0) is 6.42 Å². The van der Waals surface area contributed by atoms with Gasteiger partial charge in [0.05, 0.1) is 23.9 Å². The van der Waals surface area contributed by atoms with Crippen molar-refractivity contribution >= 4 is 11.9 Å². The third-order valence-corrected chi connectivity index (χ3v) is 7.20. The number of ether oxygens (including phenoxy) is 3. The van der Waals surface area contributed by atoms with Gasteiger partial charge in [-0.2, -0.15) is 0 Å². The van der Waals surface area contributed by atoms with Crippen LogP contribution in [0.4, 0.5) is 0 Å². The molecule has 0 aliphatic carbocycles. The van der Waals surface area contributed by atoms with Crippen molar-refractivity contribution in [3.63, 3.8) is 0 Å². The van der Waals surface area contributed by atoms with Crippen LogP contribution in [0.2, 0.25) is 0 Å². The first-order chi connectivity index (χ1) is 18.9. The Labute approximate surface area is 238 Å². The van der Waals surface area contributed by atoms with Crippen LogP contribution in [-0.4, -0.2) is 24.1 Å². The Kier molecular flexibility index (Phi) is 14.8. The maximum atomic E-state index is 13.7. The number of allylic oxidation sites excluding steroid dienone is 1. The molecule has 0 heterocycles. The summed E-state index contributed by atoms with van der Waals surface area (Å²) in [6.07, 6.45) is 13.7. The molecule has 4 heteroatoms. The van der Waals surface area contributed by atoms with Crippen LogP contribution in [0.5, 0.6) is 17.2 Å². The predicted molar refractivity (Wildman–Crippen MR) is 164 cm³/mol. The van der Waals surface area contributed by atoms with Crippen LogP contribution in [0.3, 0.4) is 0 Å². The van der Waals surface area contributed by atoms with Gasteiger partial charge in [-0.05, 0) is 93.0 Å². The SMILES string of the molecule is CCCC(CC)Oc1ccc(OC(CC)CCC)c(C(=O)C=Cc2cc(CC)ccc2OC(CC)CCC)c1. The lowest BCUT2D eigenvalue weighted by atomic mass is 10.0.